The molecule has 6 N–H and O–H groups in total. The van der Waals surface area contributed by atoms with Crippen molar-refractivity contribution in [2.75, 3.05) is 19.6 Å². The SMILES string of the molecule is CC(C)C(NC(=O)CN1CC2(CCCN2C(=O)C(N)C(C)O)C1=O)C(N)=O. The summed E-state index contributed by atoms with van der Waals surface area (Å²) in [6.45, 7) is 5.35. The van der Waals surface area contributed by atoms with Crippen LogP contribution in [0.4, 0.5) is 0 Å². The maximum atomic E-state index is 12.7. The second-order valence-corrected chi connectivity index (χ2v) is 7.74. The van der Waals surface area contributed by atoms with Crippen LogP contribution in [0, 0.1) is 5.92 Å². The highest BCUT2D eigenvalue weighted by Crippen LogP contribution is 2.39. The van der Waals surface area contributed by atoms with E-state index in [-0.39, 0.29) is 24.9 Å². The minimum Gasteiger partial charge on any atom is -0.391 e. The van der Waals surface area contributed by atoms with Crippen LogP contribution in [0.5, 0.6) is 0 Å². The molecular formula is C17H29N5O5. The molecule has 4 unspecified atom stereocenters. The molecule has 0 aromatic rings. The molecule has 4 atom stereocenters. The molecule has 2 aliphatic heterocycles. The first-order valence-electron chi connectivity index (χ1n) is 9.14. The topological polar surface area (TPSA) is 159 Å². The third-order valence-corrected chi connectivity index (χ3v) is 5.32. The number of nitrogens with two attached hydrogens (primary N) is 2. The molecule has 0 aromatic carbocycles. The Morgan fingerprint density at radius 1 is 1.30 bits per heavy atom. The smallest absolute Gasteiger partial charge is 0.250 e. The zero-order valence-corrected chi connectivity index (χ0v) is 16.0. The molecular weight excluding hydrogens is 354 g/mol. The molecule has 0 aromatic heterocycles. The monoisotopic (exact) mass is 383 g/mol. The summed E-state index contributed by atoms with van der Waals surface area (Å²) in [6.07, 6.45) is 0.133. The minimum absolute atomic E-state index is 0.171. The average molecular weight is 383 g/mol. The van der Waals surface area contributed by atoms with Crippen molar-refractivity contribution < 1.29 is 24.3 Å². The molecule has 2 saturated heterocycles. The summed E-state index contributed by atoms with van der Waals surface area (Å²) in [6, 6.07) is -1.90. The van der Waals surface area contributed by atoms with Crippen LogP contribution in [0.1, 0.15) is 33.6 Å². The highest BCUT2D eigenvalue weighted by atomic mass is 16.3. The number of nitrogens with one attached hydrogen (secondary N) is 1. The summed E-state index contributed by atoms with van der Waals surface area (Å²) >= 11 is 0. The van der Waals surface area contributed by atoms with Crippen molar-refractivity contribution in [2.45, 2.75) is 57.3 Å². The fraction of sp³-hybridized carbons (Fsp3) is 0.765. The van der Waals surface area contributed by atoms with Crippen LogP contribution >= 0.6 is 0 Å². The number of rotatable bonds is 7. The van der Waals surface area contributed by atoms with Gasteiger partial charge in [-0.3, -0.25) is 19.2 Å². The van der Waals surface area contributed by atoms with E-state index >= 15 is 0 Å². The average Bonchev–Trinajstić information content (AvgIpc) is 3.03. The van der Waals surface area contributed by atoms with Crippen molar-refractivity contribution in [2.24, 2.45) is 17.4 Å². The van der Waals surface area contributed by atoms with E-state index in [9.17, 15) is 24.3 Å². The van der Waals surface area contributed by atoms with Crippen molar-refractivity contribution in [1.29, 1.82) is 0 Å². The highest BCUT2D eigenvalue weighted by molar-refractivity contribution is 6.00. The Labute approximate surface area is 158 Å². The lowest BCUT2D eigenvalue weighted by molar-refractivity contribution is -0.169. The van der Waals surface area contributed by atoms with E-state index < -0.39 is 41.4 Å². The Balaban J connectivity index is 2.00. The van der Waals surface area contributed by atoms with E-state index in [1.54, 1.807) is 13.8 Å². The van der Waals surface area contributed by atoms with Gasteiger partial charge in [0.1, 0.15) is 17.6 Å². The number of amides is 4. The predicted octanol–water partition coefficient (Wildman–Crippen LogP) is -2.48. The fourth-order valence-corrected chi connectivity index (χ4v) is 3.72. The zero-order valence-electron chi connectivity index (χ0n) is 16.0. The first kappa shape index (κ1) is 21.1. The minimum atomic E-state index is -1.09. The van der Waals surface area contributed by atoms with Crippen LogP contribution in [0.2, 0.25) is 0 Å². The summed E-state index contributed by atoms with van der Waals surface area (Å²) in [5.74, 6) is -2.07. The molecule has 27 heavy (non-hydrogen) atoms. The van der Waals surface area contributed by atoms with Gasteiger partial charge < -0.3 is 31.7 Å². The number of nitrogens with zero attached hydrogens (tertiary/aromatic N) is 2. The van der Waals surface area contributed by atoms with Gasteiger partial charge in [-0.15, -0.1) is 0 Å². The Hall–Kier alpha value is -2.20. The van der Waals surface area contributed by atoms with Crippen LogP contribution in [0.15, 0.2) is 0 Å². The molecule has 10 heteroatoms. The van der Waals surface area contributed by atoms with Crippen LogP contribution in [-0.2, 0) is 19.2 Å². The molecule has 0 bridgehead atoms. The lowest BCUT2D eigenvalue weighted by Gasteiger charge is -2.51. The third-order valence-electron chi connectivity index (χ3n) is 5.32. The highest BCUT2D eigenvalue weighted by Gasteiger charge is 2.60. The number of primary amides is 1. The maximum absolute atomic E-state index is 12.7. The molecule has 2 rings (SSSR count). The van der Waals surface area contributed by atoms with Crippen molar-refractivity contribution >= 4 is 23.6 Å². The lowest BCUT2D eigenvalue weighted by Crippen LogP contribution is -2.75. The van der Waals surface area contributed by atoms with E-state index in [2.05, 4.69) is 5.32 Å². The van der Waals surface area contributed by atoms with Crippen LogP contribution in [0.25, 0.3) is 0 Å². The van der Waals surface area contributed by atoms with Gasteiger partial charge in [0.15, 0.2) is 0 Å². The largest absolute Gasteiger partial charge is 0.391 e. The second-order valence-electron chi connectivity index (χ2n) is 7.74. The molecule has 10 nitrogen and oxygen atoms in total. The first-order chi connectivity index (χ1) is 12.5. The molecule has 0 saturated carbocycles. The number of aliphatic hydroxyl groups is 1. The van der Waals surface area contributed by atoms with Crippen molar-refractivity contribution in [3.63, 3.8) is 0 Å². The summed E-state index contributed by atoms with van der Waals surface area (Å²) in [7, 11) is 0. The zero-order chi connectivity index (χ0) is 20.5. The fourth-order valence-electron chi connectivity index (χ4n) is 3.72. The van der Waals surface area contributed by atoms with E-state index in [0.29, 0.717) is 19.4 Å². The number of hydrogen-bond acceptors (Lipinski definition) is 6. The number of hydrogen-bond donors (Lipinski definition) is 4. The van der Waals surface area contributed by atoms with Gasteiger partial charge in [0.25, 0.3) is 5.91 Å². The van der Waals surface area contributed by atoms with Gasteiger partial charge in [0, 0.05) is 6.54 Å². The van der Waals surface area contributed by atoms with Gasteiger partial charge >= 0.3 is 0 Å². The number of likely N-dealkylation sites (tertiary alicyclic amines) is 2. The molecule has 2 aliphatic rings. The Bertz CT molecular complexity index is 637. The second kappa shape index (κ2) is 7.81. The van der Waals surface area contributed by atoms with Crippen LogP contribution < -0.4 is 16.8 Å². The summed E-state index contributed by atoms with van der Waals surface area (Å²) < 4.78 is 0. The van der Waals surface area contributed by atoms with E-state index in [4.69, 9.17) is 11.5 Å². The van der Waals surface area contributed by atoms with E-state index in [1.165, 1.54) is 16.7 Å². The van der Waals surface area contributed by atoms with Crippen LogP contribution in [-0.4, -0.2) is 81.9 Å². The van der Waals surface area contributed by atoms with Crippen molar-refractivity contribution in [3.05, 3.63) is 0 Å². The summed E-state index contributed by atoms with van der Waals surface area (Å²) in [5.41, 5.74) is 10.0. The standard InChI is InChI=1S/C17H29N5O5/c1-9(2)13(14(19)25)20-11(24)7-21-8-17(16(21)27)5-4-6-22(17)15(26)12(18)10(3)23/h9-10,12-13,23H,4-8,18H2,1-3H3,(H2,19,25)(H,20,24). The van der Waals surface area contributed by atoms with Gasteiger partial charge in [0.2, 0.25) is 17.7 Å². The number of β-lactam (4-membered cyclic amide) rings is 1. The normalized spacial score (nSPS) is 25.3. The predicted molar refractivity (Wildman–Crippen MR) is 95.9 cm³/mol. The van der Waals surface area contributed by atoms with E-state index in [1.807, 2.05) is 0 Å². The molecule has 4 amide bonds. The number of carbonyl (C=O) groups excluding carboxylic acids is 4. The van der Waals surface area contributed by atoms with E-state index in [0.717, 1.165) is 0 Å². The maximum Gasteiger partial charge on any atom is 0.250 e. The molecule has 0 aliphatic carbocycles. The molecule has 0 radical (unpaired) electrons. The Kier molecular flexibility index (Phi) is 6.10. The van der Waals surface area contributed by atoms with Gasteiger partial charge in [-0.2, -0.15) is 0 Å². The third kappa shape index (κ3) is 3.91. The molecule has 1 spiro atoms. The lowest BCUT2D eigenvalue weighted by atomic mass is 9.85. The van der Waals surface area contributed by atoms with Gasteiger partial charge in [-0.1, -0.05) is 13.8 Å². The first-order valence-corrected chi connectivity index (χ1v) is 9.14. The van der Waals surface area contributed by atoms with Gasteiger partial charge in [-0.05, 0) is 25.7 Å². The van der Waals surface area contributed by atoms with Crippen LogP contribution in [0.3, 0.4) is 0 Å². The van der Waals surface area contributed by atoms with Gasteiger partial charge in [-0.25, -0.2) is 0 Å². The van der Waals surface area contributed by atoms with Crippen molar-refractivity contribution in [1.82, 2.24) is 15.1 Å². The number of carbonyl (C=O) groups is 4. The number of aliphatic hydroxyl groups excluding tert-OH is 1. The molecule has 152 valence electrons. The summed E-state index contributed by atoms with van der Waals surface area (Å²) in [5, 5.41) is 12.1. The Morgan fingerprint density at radius 3 is 2.41 bits per heavy atom. The Morgan fingerprint density at radius 2 is 1.93 bits per heavy atom. The molecule has 2 heterocycles. The molecule has 2 fully saturated rings. The summed E-state index contributed by atoms with van der Waals surface area (Å²) in [4.78, 5) is 51.6. The van der Waals surface area contributed by atoms with Gasteiger partial charge in [0.05, 0.1) is 19.2 Å². The van der Waals surface area contributed by atoms with Crippen molar-refractivity contribution in [3.8, 4) is 0 Å². The quantitative estimate of drug-likeness (QED) is 0.356.